The predicted octanol–water partition coefficient (Wildman–Crippen LogP) is 2.40. The maximum Gasteiger partial charge on any atom is 0.242 e. The predicted molar refractivity (Wildman–Crippen MR) is 90.6 cm³/mol. The van der Waals surface area contributed by atoms with E-state index < -0.39 is 10.0 Å². The van der Waals surface area contributed by atoms with Gasteiger partial charge in [-0.25, -0.2) is 13.1 Å². The van der Waals surface area contributed by atoms with E-state index in [1.165, 1.54) is 0 Å². The molecule has 7 heteroatoms. The van der Waals surface area contributed by atoms with Crippen molar-refractivity contribution in [2.45, 2.75) is 23.9 Å². The molecule has 2 heterocycles. The van der Waals surface area contributed by atoms with Gasteiger partial charge in [0.2, 0.25) is 10.0 Å². The van der Waals surface area contributed by atoms with E-state index in [4.69, 9.17) is 0 Å². The lowest BCUT2D eigenvalue weighted by molar-refractivity contribution is 0.563. The normalized spacial score (nSPS) is 19.4. The third-order valence-corrected chi connectivity index (χ3v) is 7.59. The summed E-state index contributed by atoms with van der Waals surface area (Å²) < 4.78 is 29.5. The van der Waals surface area contributed by atoms with Crippen molar-refractivity contribution in [1.82, 2.24) is 10.0 Å². The minimum absolute atomic E-state index is 0.0566. The van der Waals surface area contributed by atoms with E-state index in [0.717, 1.165) is 32.9 Å². The Morgan fingerprint density at radius 1 is 1.33 bits per heavy atom. The first-order chi connectivity index (χ1) is 10.1. The first-order valence-corrected chi connectivity index (χ1v) is 10.3. The summed E-state index contributed by atoms with van der Waals surface area (Å²) >= 11 is 3.35. The smallest absolute Gasteiger partial charge is 0.242 e. The van der Waals surface area contributed by atoms with E-state index in [2.05, 4.69) is 10.0 Å². The van der Waals surface area contributed by atoms with Gasteiger partial charge in [0, 0.05) is 33.3 Å². The molecule has 114 valence electrons. The summed E-state index contributed by atoms with van der Waals surface area (Å²) in [4.78, 5) is 1.33. The van der Waals surface area contributed by atoms with Crippen molar-refractivity contribution in [1.29, 1.82) is 0 Å². The first-order valence-electron chi connectivity index (χ1n) is 6.87. The van der Waals surface area contributed by atoms with Gasteiger partial charge < -0.3 is 5.32 Å². The van der Waals surface area contributed by atoms with Gasteiger partial charge in [0.15, 0.2) is 0 Å². The Morgan fingerprint density at radius 3 is 2.86 bits per heavy atom. The van der Waals surface area contributed by atoms with Gasteiger partial charge in [-0.2, -0.15) is 11.8 Å². The second kappa shape index (κ2) is 6.26. The van der Waals surface area contributed by atoms with Gasteiger partial charge >= 0.3 is 0 Å². The van der Waals surface area contributed by atoms with Crippen molar-refractivity contribution >= 4 is 43.2 Å². The van der Waals surface area contributed by atoms with Crippen LogP contribution in [0.1, 0.15) is 11.3 Å². The minimum atomic E-state index is -3.47. The molecular weight excluding hydrogens is 324 g/mol. The third kappa shape index (κ3) is 3.12. The maximum absolute atomic E-state index is 12.8. The molecule has 21 heavy (non-hydrogen) atoms. The summed E-state index contributed by atoms with van der Waals surface area (Å²) in [5, 5.41) is 3.89. The molecule has 3 rings (SSSR count). The fourth-order valence-electron chi connectivity index (χ4n) is 2.55. The van der Waals surface area contributed by atoms with E-state index >= 15 is 0 Å². The van der Waals surface area contributed by atoms with Crippen LogP contribution in [0.2, 0.25) is 0 Å². The number of hydrogen-bond acceptors (Lipinski definition) is 5. The van der Waals surface area contributed by atoms with Crippen LogP contribution in [-0.4, -0.2) is 33.0 Å². The molecule has 0 saturated carbocycles. The number of nitrogens with one attached hydrogen (secondary N) is 2. The molecule has 2 aromatic rings. The molecule has 1 atom stereocenters. The van der Waals surface area contributed by atoms with Crippen LogP contribution in [0.4, 0.5) is 0 Å². The second-order valence-electron chi connectivity index (χ2n) is 5.06. The van der Waals surface area contributed by atoms with Gasteiger partial charge in [0.1, 0.15) is 4.90 Å². The molecule has 0 aliphatic carbocycles. The average Bonchev–Trinajstić information content (AvgIpc) is 3.05. The highest BCUT2D eigenvalue weighted by Gasteiger charge is 2.28. The van der Waals surface area contributed by atoms with Crippen molar-refractivity contribution in [3.05, 3.63) is 29.1 Å². The van der Waals surface area contributed by atoms with Gasteiger partial charge in [-0.05, 0) is 25.3 Å². The highest BCUT2D eigenvalue weighted by atomic mass is 32.2. The molecule has 1 aliphatic rings. The number of thioether (sulfide) groups is 1. The molecule has 1 unspecified atom stereocenters. The summed E-state index contributed by atoms with van der Waals surface area (Å²) in [5.41, 5.74) is 0. The number of hydrogen-bond donors (Lipinski definition) is 2. The van der Waals surface area contributed by atoms with Crippen LogP contribution in [0.5, 0.6) is 0 Å². The summed E-state index contributed by atoms with van der Waals surface area (Å²) in [6.45, 7) is 0.564. The van der Waals surface area contributed by atoms with Gasteiger partial charge in [-0.3, -0.25) is 0 Å². The molecule has 1 aliphatic heterocycles. The Labute approximate surface area is 133 Å². The van der Waals surface area contributed by atoms with Crippen molar-refractivity contribution in [2.24, 2.45) is 0 Å². The number of thiophene rings is 1. The number of fused-ring (bicyclic) bond motifs is 1. The fraction of sp³-hybridized carbons (Fsp3) is 0.429. The van der Waals surface area contributed by atoms with Crippen LogP contribution in [0.15, 0.2) is 29.2 Å². The highest BCUT2D eigenvalue weighted by Crippen LogP contribution is 2.35. The van der Waals surface area contributed by atoms with Gasteiger partial charge in [0.25, 0.3) is 0 Å². The van der Waals surface area contributed by atoms with E-state index in [1.54, 1.807) is 23.1 Å². The molecule has 2 N–H and O–H groups in total. The third-order valence-electron chi connectivity index (χ3n) is 3.48. The van der Waals surface area contributed by atoms with Crippen molar-refractivity contribution in [3.8, 4) is 0 Å². The van der Waals surface area contributed by atoms with Crippen LogP contribution < -0.4 is 10.0 Å². The lowest BCUT2D eigenvalue weighted by Gasteiger charge is -2.13. The van der Waals surface area contributed by atoms with Crippen molar-refractivity contribution in [3.63, 3.8) is 0 Å². The topological polar surface area (TPSA) is 58.2 Å². The molecule has 0 spiro atoms. The number of sulfonamides is 1. The van der Waals surface area contributed by atoms with E-state index in [9.17, 15) is 8.42 Å². The monoisotopic (exact) mass is 342 g/mol. The zero-order chi connectivity index (χ0) is 14.9. The van der Waals surface area contributed by atoms with Crippen LogP contribution in [0.3, 0.4) is 0 Å². The fourth-order valence-corrected chi connectivity index (χ4v) is 7.04. The Morgan fingerprint density at radius 2 is 2.14 bits per heavy atom. The number of rotatable bonds is 5. The highest BCUT2D eigenvalue weighted by molar-refractivity contribution is 7.99. The quantitative estimate of drug-likeness (QED) is 0.876. The molecule has 1 saturated heterocycles. The van der Waals surface area contributed by atoms with Crippen molar-refractivity contribution in [2.75, 3.05) is 18.6 Å². The zero-order valence-electron chi connectivity index (χ0n) is 11.8. The molecule has 0 bridgehead atoms. The average molecular weight is 343 g/mol. The van der Waals surface area contributed by atoms with Gasteiger partial charge in [-0.1, -0.05) is 18.2 Å². The van der Waals surface area contributed by atoms with Crippen LogP contribution in [0, 0.1) is 0 Å². The standard InChI is InChI=1S/C14H18N2O2S3/c1-15-8-13-14(11-4-2-3-5-12(11)20-13)21(17,18)16-10-6-7-19-9-10/h2-5,10,15-16H,6-9H2,1H3. The van der Waals surface area contributed by atoms with Crippen LogP contribution >= 0.6 is 23.1 Å². The summed E-state index contributed by atoms with van der Waals surface area (Å²) in [7, 11) is -1.64. The Bertz CT molecular complexity index is 734. The maximum atomic E-state index is 12.8. The zero-order valence-corrected chi connectivity index (χ0v) is 14.2. The first kappa shape index (κ1) is 15.3. The summed E-state index contributed by atoms with van der Waals surface area (Å²) in [5.74, 6) is 1.89. The number of benzene rings is 1. The molecule has 1 aromatic heterocycles. The van der Waals surface area contributed by atoms with Crippen LogP contribution in [-0.2, 0) is 16.6 Å². The molecule has 0 radical (unpaired) electrons. The van der Waals surface area contributed by atoms with Crippen LogP contribution in [0.25, 0.3) is 10.1 Å². The molecule has 1 aromatic carbocycles. The van der Waals surface area contributed by atoms with Gasteiger partial charge in [-0.15, -0.1) is 11.3 Å². The minimum Gasteiger partial charge on any atom is -0.315 e. The Kier molecular flexibility index (Phi) is 4.56. The van der Waals surface area contributed by atoms with E-state index in [1.807, 2.05) is 31.3 Å². The Balaban J connectivity index is 2.06. The SMILES string of the molecule is CNCc1sc2ccccc2c1S(=O)(=O)NC1CCSC1. The largest absolute Gasteiger partial charge is 0.315 e. The summed E-state index contributed by atoms with van der Waals surface area (Å²) in [6.07, 6.45) is 0.910. The lowest BCUT2D eigenvalue weighted by Crippen LogP contribution is -2.35. The second-order valence-corrected chi connectivity index (χ2v) is 9.00. The van der Waals surface area contributed by atoms with E-state index in [-0.39, 0.29) is 6.04 Å². The van der Waals surface area contributed by atoms with Gasteiger partial charge in [0.05, 0.1) is 0 Å². The van der Waals surface area contributed by atoms with Crippen molar-refractivity contribution < 1.29 is 8.42 Å². The Hall–Kier alpha value is -0.600. The molecule has 1 fully saturated rings. The molecule has 0 amide bonds. The lowest BCUT2D eigenvalue weighted by atomic mass is 10.2. The summed E-state index contributed by atoms with van der Waals surface area (Å²) in [6, 6.07) is 7.76. The molecule has 4 nitrogen and oxygen atoms in total. The molecular formula is C14H18N2O2S3. The van der Waals surface area contributed by atoms with E-state index in [0.29, 0.717) is 11.4 Å².